The van der Waals surface area contributed by atoms with Crippen molar-refractivity contribution >= 4 is 17.3 Å². The van der Waals surface area contributed by atoms with Crippen molar-refractivity contribution in [1.29, 1.82) is 0 Å². The van der Waals surface area contributed by atoms with Crippen molar-refractivity contribution in [2.45, 2.75) is 63.6 Å². The van der Waals surface area contributed by atoms with E-state index in [1.165, 1.54) is 0 Å². The van der Waals surface area contributed by atoms with Crippen LogP contribution in [0.4, 0.5) is 5.69 Å². The van der Waals surface area contributed by atoms with Crippen LogP contribution in [0.25, 0.3) is 0 Å². The highest BCUT2D eigenvalue weighted by atomic mass is 16.7. The number of Topliss-reactive ketones (excluding diaryl/α,β-unsaturated/α-hetero) is 1. The average Bonchev–Trinajstić information content (AvgIpc) is 3.32. The second-order valence-corrected chi connectivity index (χ2v) is 11.5. The van der Waals surface area contributed by atoms with E-state index in [4.69, 9.17) is 15.2 Å². The first-order chi connectivity index (χ1) is 16.6. The Bertz CT molecular complexity index is 1140. The fraction of sp³-hybridized carbons (Fsp3) is 0.571. The van der Waals surface area contributed by atoms with Crippen molar-refractivity contribution in [2.24, 2.45) is 28.6 Å². The van der Waals surface area contributed by atoms with Gasteiger partial charge < -0.3 is 25.4 Å². The van der Waals surface area contributed by atoms with E-state index in [0.29, 0.717) is 18.5 Å². The van der Waals surface area contributed by atoms with Gasteiger partial charge in [0.25, 0.3) is 0 Å². The molecule has 1 aromatic carbocycles. The maximum Gasteiger partial charge on any atom is 0.193 e. The van der Waals surface area contributed by atoms with Gasteiger partial charge in [0, 0.05) is 28.0 Å². The van der Waals surface area contributed by atoms with E-state index in [1.54, 1.807) is 24.3 Å². The number of nitrogens with two attached hydrogens (primary N) is 1. The zero-order valence-corrected chi connectivity index (χ0v) is 20.1. The molecule has 7 nitrogen and oxygen atoms in total. The van der Waals surface area contributed by atoms with Crippen molar-refractivity contribution in [1.82, 2.24) is 0 Å². The third kappa shape index (κ3) is 2.92. The highest BCUT2D eigenvalue weighted by Crippen LogP contribution is 2.70. The van der Waals surface area contributed by atoms with E-state index < -0.39 is 41.5 Å². The van der Waals surface area contributed by atoms with Crippen LogP contribution in [0.3, 0.4) is 0 Å². The maximum absolute atomic E-state index is 13.5. The summed E-state index contributed by atoms with van der Waals surface area (Å²) in [5.41, 5.74) is 5.89. The number of benzene rings is 1. The van der Waals surface area contributed by atoms with Crippen molar-refractivity contribution < 1.29 is 29.3 Å². The second kappa shape index (κ2) is 7.59. The first-order valence-electron chi connectivity index (χ1n) is 12.6. The minimum Gasteiger partial charge on any atom is -0.399 e. The number of hydrogen-bond acceptors (Lipinski definition) is 7. The monoisotopic (exact) mass is 479 g/mol. The van der Waals surface area contributed by atoms with Crippen molar-refractivity contribution in [2.75, 3.05) is 12.3 Å². The van der Waals surface area contributed by atoms with Gasteiger partial charge in [-0.2, -0.15) is 0 Å². The summed E-state index contributed by atoms with van der Waals surface area (Å²) >= 11 is 0. The average molecular weight is 480 g/mol. The molecule has 0 aromatic heterocycles. The van der Waals surface area contributed by atoms with E-state index in [9.17, 15) is 19.8 Å². The zero-order valence-electron chi connectivity index (χ0n) is 20.1. The Labute approximate surface area is 205 Å². The van der Waals surface area contributed by atoms with Gasteiger partial charge in [-0.15, -0.1) is 0 Å². The predicted molar refractivity (Wildman–Crippen MR) is 128 cm³/mol. The van der Waals surface area contributed by atoms with Crippen LogP contribution in [-0.4, -0.2) is 46.2 Å². The van der Waals surface area contributed by atoms with Gasteiger partial charge in [-0.1, -0.05) is 37.6 Å². The molecule has 4 N–H and O–H groups in total. The number of aliphatic hydroxyl groups is 2. The number of carbonyl (C=O) groups excluding carboxylic acids is 2. The van der Waals surface area contributed by atoms with Gasteiger partial charge in [0.2, 0.25) is 0 Å². The molecule has 4 aliphatic carbocycles. The summed E-state index contributed by atoms with van der Waals surface area (Å²) in [6.07, 6.45) is 6.00. The molecule has 4 fully saturated rings. The standard InChI is InChI=1S/C28H33NO6/c1-26-10-9-18(31)11-16(26)5-8-19-20-12-23-28(22(33)14-30,27(20,2)13-21(32)24(19)26)35-25(34-23)15-3-6-17(29)7-4-15/h3-4,6-7,9-11,19-21,23-25,30,32H,5,8,12-14,29H2,1-2H3/t19-,20-,21-,23+,24+,25-,26-,27-,28+/m0/s1. The molecule has 7 heteroatoms. The van der Waals surface area contributed by atoms with E-state index in [0.717, 1.165) is 24.0 Å². The summed E-state index contributed by atoms with van der Waals surface area (Å²) in [6, 6.07) is 7.20. The number of fused-ring (bicyclic) bond motifs is 7. The van der Waals surface area contributed by atoms with Crippen molar-refractivity contribution in [3.05, 3.63) is 53.6 Å². The van der Waals surface area contributed by atoms with Gasteiger partial charge >= 0.3 is 0 Å². The van der Waals surface area contributed by atoms with Gasteiger partial charge in [-0.25, -0.2) is 0 Å². The molecule has 0 radical (unpaired) electrons. The first-order valence-corrected chi connectivity index (χ1v) is 12.6. The summed E-state index contributed by atoms with van der Waals surface area (Å²) in [6.45, 7) is 3.52. The minimum absolute atomic E-state index is 0.00414. The van der Waals surface area contributed by atoms with E-state index in [2.05, 4.69) is 6.92 Å². The lowest BCUT2D eigenvalue weighted by Gasteiger charge is -2.59. The Morgan fingerprint density at radius 3 is 2.69 bits per heavy atom. The molecule has 3 saturated carbocycles. The number of aliphatic hydroxyl groups excluding tert-OH is 2. The molecule has 0 spiro atoms. The lowest BCUT2D eigenvalue weighted by atomic mass is 9.46. The van der Waals surface area contributed by atoms with Gasteiger partial charge in [0.15, 0.2) is 23.5 Å². The highest BCUT2D eigenvalue weighted by Gasteiger charge is 2.75. The van der Waals surface area contributed by atoms with Crippen molar-refractivity contribution in [3.63, 3.8) is 0 Å². The van der Waals surface area contributed by atoms with Crippen LogP contribution in [-0.2, 0) is 19.1 Å². The molecule has 1 heterocycles. The predicted octanol–water partition coefficient (Wildman–Crippen LogP) is 2.87. The third-order valence-corrected chi connectivity index (χ3v) is 10.0. The molecule has 5 aliphatic rings. The lowest BCUT2D eigenvalue weighted by Crippen LogP contribution is -2.63. The molecule has 1 saturated heterocycles. The molecule has 186 valence electrons. The first kappa shape index (κ1) is 23.1. The number of rotatable bonds is 3. The summed E-state index contributed by atoms with van der Waals surface area (Å²) < 4.78 is 13.0. The topological polar surface area (TPSA) is 119 Å². The minimum atomic E-state index is -1.33. The Kier molecular flexibility index (Phi) is 5.01. The quantitative estimate of drug-likeness (QED) is 0.571. The molecule has 1 aromatic rings. The zero-order chi connectivity index (χ0) is 24.8. The smallest absolute Gasteiger partial charge is 0.193 e. The van der Waals surface area contributed by atoms with Crippen molar-refractivity contribution in [3.8, 4) is 0 Å². The van der Waals surface area contributed by atoms with Crippen LogP contribution < -0.4 is 5.73 Å². The second-order valence-electron chi connectivity index (χ2n) is 11.5. The fourth-order valence-corrected chi connectivity index (χ4v) is 8.49. The Hall–Kier alpha value is -2.32. The number of nitrogen functional groups attached to an aromatic ring is 1. The number of carbonyl (C=O) groups is 2. The van der Waals surface area contributed by atoms with Crippen LogP contribution in [0.1, 0.15) is 51.4 Å². The summed E-state index contributed by atoms with van der Waals surface area (Å²) in [4.78, 5) is 25.5. The molecule has 0 unspecified atom stereocenters. The van der Waals surface area contributed by atoms with Crippen LogP contribution in [0.5, 0.6) is 0 Å². The summed E-state index contributed by atoms with van der Waals surface area (Å²) in [5.74, 6) is -0.225. The molecule has 1 aliphatic heterocycles. The van der Waals surface area contributed by atoms with Crippen LogP contribution in [0.15, 0.2) is 48.1 Å². The number of ketones is 2. The molecule has 35 heavy (non-hydrogen) atoms. The lowest BCUT2D eigenvalue weighted by molar-refractivity contribution is -0.201. The highest BCUT2D eigenvalue weighted by molar-refractivity contribution is 6.01. The van der Waals surface area contributed by atoms with E-state index in [-0.39, 0.29) is 29.3 Å². The summed E-state index contributed by atoms with van der Waals surface area (Å²) in [5, 5.41) is 21.7. The Balaban J connectivity index is 1.39. The Morgan fingerprint density at radius 2 is 1.97 bits per heavy atom. The Morgan fingerprint density at radius 1 is 1.23 bits per heavy atom. The number of anilines is 1. The molecular weight excluding hydrogens is 446 g/mol. The van der Waals surface area contributed by atoms with Crippen LogP contribution in [0, 0.1) is 28.6 Å². The third-order valence-electron chi connectivity index (χ3n) is 10.0. The number of allylic oxidation sites excluding steroid dienone is 4. The molecule has 6 rings (SSSR count). The molecule has 0 bridgehead atoms. The fourth-order valence-electron chi connectivity index (χ4n) is 8.49. The van der Waals surface area contributed by atoms with Gasteiger partial charge in [-0.3, -0.25) is 9.59 Å². The molecular formula is C28H33NO6. The van der Waals surface area contributed by atoms with Gasteiger partial charge in [0.1, 0.15) is 6.61 Å². The van der Waals surface area contributed by atoms with Gasteiger partial charge in [0.05, 0.1) is 12.2 Å². The number of ether oxygens (including phenoxy) is 2. The van der Waals surface area contributed by atoms with Crippen LogP contribution >= 0.6 is 0 Å². The molecule has 0 amide bonds. The normalized spacial score (nSPS) is 45.8. The summed E-state index contributed by atoms with van der Waals surface area (Å²) in [7, 11) is 0. The largest absolute Gasteiger partial charge is 0.399 e. The van der Waals surface area contributed by atoms with Gasteiger partial charge in [-0.05, 0) is 61.8 Å². The maximum atomic E-state index is 13.5. The van der Waals surface area contributed by atoms with E-state index >= 15 is 0 Å². The number of hydrogen-bond donors (Lipinski definition) is 3. The van der Waals surface area contributed by atoms with E-state index in [1.807, 2.05) is 25.1 Å². The molecule has 9 atom stereocenters. The SMILES string of the molecule is C[C@]12C=CC(=O)C=C1CC[C@@H]1[C@@H]2[C@@H](O)C[C@@]2(C)[C@H]1C[C@H]1O[C@H](c3ccc(N)cc3)O[C@]12C(=O)CO. The van der Waals surface area contributed by atoms with Crippen LogP contribution in [0.2, 0.25) is 0 Å².